The Morgan fingerprint density at radius 2 is 2.15 bits per heavy atom. The van der Waals surface area contributed by atoms with Crippen LogP contribution in [-0.4, -0.2) is 16.8 Å². The maximum absolute atomic E-state index is 9.73. The first kappa shape index (κ1) is 13.5. The minimum atomic E-state index is -0.0585. The van der Waals surface area contributed by atoms with Crippen LogP contribution in [-0.2, 0) is 13.0 Å². The Labute approximate surface area is 122 Å². The molecule has 20 heavy (non-hydrogen) atoms. The molecule has 0 spiro atoms. The van der Waals surface area contributed by atoms with Gasteiger partial charge in [-0.1, -0.05) is 19.4 Å². The number of benzene rings is 1. The van der Waals surface area contributed by atoms with E-state index in [0.717, 1.165) is 31.5 Å². The largest absolute Gasteiger partial charge is 0.504 e. The van der Waals surface area contributed by atoms with E-state index in [2.05, 4.69) is 17.6 Å². The number of hydrogen-bond donors (Lipinski definition) is 3. The van der Waals surface area contributed by atoms with Crippen molar-refractivity contribution in [2.45, 2.75) is 32.2 Å². The van der Waals surface area contributed by atoms with Crippen LogP contribution in [0.3, 0.4) is 0 Å². The van der Waals surface area contributed by atoms with Crippen molar-refractivity contribution in [2.75, 3.05) is 6.54 Å². The van der Waals surface area contributed by atoms with Crippen molar-refractivity contribution in [1.29, 1.82) is 0 Å². The maximum Gasteiger partial charge on any atom is 0.157 e. The van der Waals surface area contributed by atoms with Crippen molar-refractivity contribution >= 4 is 11.3 Å². The first-order valence-corrected chi connectivity index (χ1v) is 7.90. The molecule has 1 aromatic heterocycles. The molecule has 1 atom stereocenters. The molecule has 1 aromatic carbocycles. The lowest BCUT2D eigenvalue weighted by atomic mass is 9.85. The van der Waals surface area contributed by atoms with Gasteiger partial charge in [-0.25, -0.2) is 0 Å². The third kappa shape index (κ3) is 2.30. The number of thiophene rings is 1. The summed E-state index contributed by atoms with van der Waals surface area (Å²) >= 11 is 1.82. The van der Waals surface area contributed by atoms with Crippen LogP contribution in [0.2, 0.25) is 0 Å². The van der Waals surface area contributed by atoms with Crippen molar-refractivity contribution in [3.63, 3.8) is 0 Å². The highest BCUT2D eigenvalue weighted by atomic mass is 32.1. The average Bonchev–Trinajstić information content (AvgIpc) is 2.86. The second-order valence-corrected chi connectivity index (χ2v) is 6.24. The monoisotopic (exact) mass is 289 g/mol. The SMILES string of the molecule is CCCc1csc2c1[C@H](c1ccc(O)c(O)c1)CNC2. The molecule has 1 aliphatic rings. The lowest BCUT2D eigenvalue weighted by Gasteiger charge is -2.26. The highest BCUT2D eigenvalue weighted by Gasteiger charge is 2.26. The number of fused-ring (bicyclic) bond motifs is 1. The molecule has 2 heterocycles. The van der Waals surface area contributed by atoms with Crippen LogP contribution in [0.5, 0.6) is 11.5 Å². The van der Waals surface area contributed by atoms with Gasteiger partial charge in [0.25, 0.3) is 0 Å². The normalized spacial score (nSPS) is 17.9. The molecule has 0 aliphatic carbocycles. The molecule has 3 nitrogen and oxygen atoms in total. The summed E-state index contributed by atoms with van der Waals surface area (Å²) in [6, 6.07) is 5.17. The maximum atomic E-state index is 9.73. The molecule has 106 valence electrons. The molecular formula is C16H19NO2S. The molecule has 0 amide bonds. The minimum absolute atomic E-state index is 0.0399. The molecular weight excluding hydrogens is 270 g/mol. The van der Waals surface area contributed by atoms with Gasteiger partial charge in [0.05, 0.1) is 0 Å². The Bertz CT molecular complexity index is 621. The molecule has 0 unspecified atom stereocenters. The van der Waals surface area contributed by atoms with Crippen LogP contribution >= 0.6 is 11.3 Å². The minimum Gasteiger partial charge on any atom is -0.504 e. The summed E-state index contributed by atoms with van der Waals surface area (Å²) in [5, 5.41) is 24.9. The number of hydrogen-bond acceptors (Lipinski definition) is 4. The molecule has 4 heteroatoms. The van der Waals surface area contributed by atoms with E-state index >= 15 is 0 Å². The van der Waals surface area contributed by atoms with E-state index in [4.69, 9.17) is 0 Å². The van der Waals surface area contributed by atoms with Crippen molar-refractivity contribution in [1.82, 2.24) is 5.32 Å². The smallest absolute Gasteiger partial charge is 0.157 e. The van der Waals surface area contributed by atoms with E-state index in [9.17, 15) is 10.2 Å². The summed E-state index contributed by atoms with van der Waals surface area (Å²) in [4.78, 5) is 1.40. The summed E-state index contributed by atoms with van der Waals surface area (Å²) in [7, 11) is 0. The quantitative estimate of drug-likeness (QED) is 0.760. The van der Waals surface area contributed by atoms with Gasteiger partial charge in [-0.3, -0.25) is 0 Å². The van der Waals surface area contributed by atoms with Crippen LogP contribution in [0, 0.1) is 0 Å². The van der Waals surface area contributed by atoms with E-state index in [-0.39, 0.29) is 17.4 Å². The number of aryl methyl sites for hydroxylation is 1. The number of phenolic OH excluding ortho intramolecular Hbond substituents is 2. The van der Waals surface area contributed by atoms with Gasteiger partial charge in [0, 0.05) is 23.9 Å². The van der Waals surface area contributed by atoms with Gasteiger partial charge in [-0.2, -0.15) is 0 Å². The van der Waals surface area contributed by atoms with E-state index < -0.39 is 0 Å². The molecule has 0 fully saturated rings. The fourth-order valence-corrected chi connectivity index (χ4v) is 4.06. The molecule has 0 radical (unpaired) electrons. The van der Waals surface area contributed by atoms with Gasteiger partial charge in [-0.15, -0.1) is 11.3 Å². The first-order chi connectivity index (χ1) is 9.70. The average molecular weight is 289 g/mol. The molecule has 3 rings (SSSR count). The Morgan fingerprint density at radius 3 is 2.90 bits per heavy atom. The predicted molar refractivity (Wildman–Crippen MR) is 81.6 cm³/mol. The zero-order valence-electron chi connectivity index (χ0n) is 11.5. The van der Waals surface area contributed by atoms with Crippen molar-refractivity contribution in [2.24, 2.45) is 0 Å². The number of phenols is 2. The van der Waals surface area contributed by atoms with Crippen LogP contribution in [0.25, 0.3) is 0 Å². The topological polar surface area (TPSA) is 52.5 Å². The van der Waals surface area contributed by atoms with Crippen LogP contribution in [0.15, 0.2) is 23.6 Å². The van der Waals surface area contributed by atoms with Gasteiger partial charge in [0.15, 0.2) is 11.5 Å². The number of rotatable bonds is 3. The predicted octanol–water partition coefficient (Wildman–Crippen LogP) is 3.35. The van der Waals surface area contributed by atoms with Crippen LogP contribution in [0.4, 0.5) is 0 Å². The van der Waals surface area contributed by atoms with E-state index in [1.54, 1.807) is 12.1 Å². The van der Waals surface area contributed by atoms with E-state index in [1.165, 1.54) is 16.0 Å². The van der Waals surface area contributed by atoms with E-state index in [0.29, 0.717) is 0 Å². The second kappa shape index (κ2) is 5.46. The number of aromatic hydroxyl groups is 2. The summed E-state index contributed by atoms with van der Waals surface area (Å²) in [6.07, 6.45) is 2.25. The Kier molecular flexibility index (Phi) is 3.68. The zero-order chi connectivity index (χ0) is 14.1. The Hall–Kier alpha value is -1.52. The van der Waals surface area contributed by atoms with Crippen molar-refractivity contribution in [3.8, 4) is 11.5 Å². The zero-order valence-corrected chi connectivity index (χ0v) is 12.3. The third-order valence-corrected chi connectivity index (χ3v) is 4.94. The fourth-order valence-electron chi connectivity index (χ4n) is 2.94. The first-order valence-electron chi connectivity index (χ1n) is 7.02. The molecule has 3 N–H and O–H groups in total. The summed E-state index contributed by atoms with van der Waals surface area (Å²) in [5.41, 5.74) is 3.93. The van der Waals surface area contributed by atoms with Gasteiger partial charge in [0.2, 0.25) is 0 Å². The third-order valence-electron chi connectivity index (χ3n) is 3.89. The summed E-state index contributed by atoms with van der Waals surface area (Å²) < 4.78 is 0. The number of nitrogens with one attached hydrogen (secondary N) is 1. The van der Waals surface area contributed by atoms with Crippen molar-refractivity contribution < 1.29 is 10.2 Å². The lowest BCUT2D eigenvalue weighted by Crippen LogP contribution is -2.28. The van der Waals surface area contributed by atoms with Gasteiger partial charge in [0.1, 0.15) is 0 Å². The summed E-state index contributed by atoms with van der Waals surface area (Å²) in [6.45, 7) is 4.02. The Morgan fingerprint density at radius 1 is 1.30 bits per heavy atom. The van der Waals surface area contributed by atoms with Gasteiger partial charge in [-0.05, 0) is 40.6 Å². The molecule has 1 aliphatic heterocycles. The van der Waals surface area contributed by atoms with Crippen molar-refractivity contribution in [3.05, 3.63) is 45.1 Å². The molecule has 0 bridgehead atoms. The molecule has 0 saturated heterocycles. The van der Waals surface area contributed by atoms with Crippen LogP contribution in [0.1, 0.15) is 40.8 Å². The highest BCUT2D eigenvalue weighted by Crippen LogP contribution is 2.39. The standard InChI is InChI=1S/C16H19NO2S/c1-2-3-11-9-20-15-8-17-7-12(16(11)15)10-4-5-13(18)14(19)6-10/h4-6,9,12,17-19H,2-3,7-8H2,1H3/t12-/m0/s1. The van der Waals surface area contributed by atoms with E-state index in [1.807, 2.05) is 17.4 Å². The lowest BCUT2D eigenvalue weighted by molar-refractivity contribution is 0.402. The molecule has 2 aromatic rings. The summed E-state index contributed by atoms with van der Waals surface area (Å²) in [5.74, 6) is 0.164. The van der Waals surface area contributed by atoms with Crippen LogP contribution < -0.4 is 5.32 Å². The van der Waals surface area contributed by atoms with Gasteiger partial charge < -0.3 is 15.5 Å². The highest BCUT2D eigenvalue weighted by molar-refractivity contribution is 7.10. The van der Waals surface area contributed by atoms with Gasteiger partial charge >= 0.3 is 0 Å². The fraction of sp³-hybridized carbons (Fsp3) is 0.375. The molecule has 0 saturated carbocycles. The Balaban J connectivity index is 2.04. The second-order valence-electron chi connectivity index (χ2n) is 5.28.